The molecule has 1 atom stereocenters. The van der Waals surface area contributed by atoms with Crippen LogP contribution in [-0.4, -0.2) is 16.1 Å². The van der Waals surface area contributed by atoms with Crippen molar-refractivity contribution in [3.63, 3.8) is 0 Å². The molecule has 1 fully saturated rings. The molecule has 1 aliphatic rings. The van der Waals surface area contributed by atoms with E-state index in [1.165, 1.54) is 31.4 Å². The van der Waals surface area contributed by atoms with Gasteiger partial charge in [-0.3, -0.25) is 0 Å². The summed E-state index contributed by atoms with van der Waals surface area (Å²) in [6.45, 7) is 8.62. The average Bonchev–Trinajstić information content (AvgIpc) is 2.92. The molecule has 2 N–H and O–H groups in total. The maximum absolute atomic E-state index is 5.93. The largest absolute Gasteiger partial charge is 0.334 e. The van der Waals surface area contributed by atoms with Crippen molar-refractivity contribution in [3.8, 4) is 0 Å². The van der Waals surface area contributed by atoms with Crippen LogP contribution in [0.2, 0.25) is 0 Å². The van der Waals surface area contributed by atoms with Crippen LogP contribution in [0.15, 0.2) is 12.5 Å². The van der Waals surface area contributed by atoms with Gasteiger partial charge in [-0.15, -0.1) is 0 Å². The molecule has 1 heterocycles. The first-order valence-corrected chi connectivity index (χ1v) is 7.32. The number of rotatable bonds is 7. The smallest absolute Gasteiger partial charge is 0.0948 e. The van der Waals surface area contributed by atoms with Crippen molar-refractivity contribution in [3.05, 3.63) is 18.2 Å². The van der Waals surface area contributed by atoms with Gasteiger partial charge < -0.3 is 10.3 Å². The highest BCUT2D eigenvalue weighted by molar-refractivity contribution is 5.10. The third-order valence-electron chi connectivity index (χ3n) is 4.43. The van der Waals surface area contributed by atoms with E-state index in [2.05, 4.69) is 30.3 Å². The number of hydrogen-bond acceptors (Lipinski definition) is 2. The van der Waals surface area contributed by atoms with Gasteiger partial charge >= 0.3 is 0 Å². The summed E-state index contributed by atoms with van der Waals surface area (Å²) in [5, 5.41) is 0. The Morgan fingerprint density at radius 1 is 1.44 bits per heavy atom. The zero-order valence-corrected chi connectivity index (χ0v) is 12.0. The molecular weight excluding hydrogens is 222 g/mol. The molecule has 0 bridgehead atoms. The van der Waals surface area contributed by atoms with Crippen molar-refractivity contribution in [2.24, 2.45) is 17.1 Å². The molecule has 1 aromatic rings. The first-order valence-electron chi connectivity index (χ1n) is 7.32. The molecule has 0 saturated heterocycles. The number of aromatic nitrogens is 2. The number of nitrogens with two attached hydrogens (primary N) is 1. The summed E-state index contributed by atoms with van der Waals surface area (Å²) < 4.78 is 2.36. The Hall–Kier alpha value is -0.830. The second-order valence-electron chi connectivity index (χ2n) is 6.28. The van der Waals surface area contributed by atoms with E-state index in [4.69, 9.17) is 5.73 Å². The molecule has 3 nitrogen and oxygen atoms in total. The topological polar surface area (TPSA) is 43.8 Å². The van der Waals surface area contributed by atoms with Crippen molar-refractivity contribution >= 4 is 0 Å². The molecule has 0 aliphatic heterocycles. The lowest BCUT2D eigenvalue weighted by atomic mass is 9.92. The van der Waals surface area contributed by atoms with Crippen molar-refractivity contribution in [1.29, 1.82) is 0 Å². The van der Waals surface area contributed by atoms with E-state index in [1.54, 1.807) is 0 Å². The van der Waals surface area contributed by atoms with Gasteiger partial charge in [0.2, 0.25) is 0 Å². The zero-order chi connectivity index (χ0) is 13.2. The van der Waals surface area contributed by atoms with E-state index >= 15 is 0 Å². The van der Waals surface area contributed by atoms with Crippen LogP contribution in [0.3, 0.4) is 0 Å². The van der Waals surface area contributed by atoms with Crippen molar-refractivity contribution in [1.82, 2.24) is 9.55 Å². The van der Waals surface area contributed by atoms with Gasteiger partial charge in [-0.2, -0.15) is 0 Å². The lowest BCUT2D eigenvalue weighted by molar-refractivity contribution is 0.368. The van der Waals surface area contributed by atoms with Crippen LogP contribution in [0, 0.1) is 11.3 Å². The molecular formula is C15H27N3. The van der Waals surface area contributed by atoms with E-state index in [1.807, 2.05) is 12.5 Å². The quantitative estimate of drug-likeness (QED) is 0.806. The highest BCUT2D eigenvalue weighted by Crippen LogP contribution is 2.51. The highest BCUT2D eigenvalue weighted by Gasteiger charge is 2.42. The normalized spacial score (nSPS) is 19.2. The summed E-state index contributed by atoms with van der Waals surface area (Å²) in [5.74, 6) is 1.01. The summed E-state index contributed by atoms with van der Waals surface area (Å²) in [7, 11) is 0. The Kier molecular flexibility index (Phi) is 4.10. The number of hydrogen-bond donors (Lipinski definition) is 1. The minimum Gasteiger partial charge on any atom is -0.334 e. The fourth-order valence-electron chi connectivity index (χ4n) is 3.06. The molecule has 102 valence electrons. The second-order valence-corrected chi connectivity index (χ2v) is 6.28. The lowest BCUT2D eigenvalue weighted by Crippen LogP contribution is -2.22. The van der Waals surface area contributed by atoms with Gasteiger partial charge in [-0.05, 0) is 30.6 Å². The average molecular weight is 249 g/mol. The monoisotopic (exact) mass is 249 g/mol. The molecule has 18 heavy (non-hydrogen) atoms. The summed E-state index contributed by atoms with van der Waals surface area (Å²) in [5.41, 5.74) is 7.83. The van der Waals surface area contributed by atoms with Gasteiger partial charge in [0.15, 0.2) is 0 Å². The molecule has 1 aromatic heterocycles. The molecule has 0 amide bonds. The van der Waals surface area contributed by atoms with E-state index < -0.39 is 0 Å². The molecule has 3 heteroatoms. The van der Waals surface area contributed by atoms with Crippen LogP contribution in [0.25, 0.3) is 0 Å². The Balaban J connectivity index is 2.12. The molecule has 1 unspecified atom stereocenters. The van der Waals surface area contributed by atoms with Crippen LogP contribution in [0.5, 0.6) is 0 Å². The summed E-state index contributed by atoms with van der Waals surface area (Å²) in [6.07, 6.45) is 9.41. The third-order valence-corrected chi connectivity index (χ3v) is 4.43. The first kappa shape index (κ1) is 13.6. The van der Waals surface area contributed by atoms with Gasteiger partial charge in [0.1, 0.15) is 0 Å². The summed E-state index contributed by atoms with van der Waals surface area (Å²) in [4.78, 5) is 4.35. The minimum atomic E-state index is 0.435. The molecule has 2 rings (SSSR count). The number of nitrogens with zero attached hydrogens (tertiary/aromatic N) is 2. The van der Waals surface area contributed by atoms with Crippen molar-refractivity contribution in [2.75, 3.05) is 6.54 Å². The first-order chi connectivity index (χ1) is 8.62. The predicted molar refractivity (Wildman–Crippen MR) is 75.4 cm³/mol. The van der Waals surface area contributed by atoms with E-state index in [0.717, 1.165) is 6.54 Å². The molecule has 1 aliphatic carbocycles. The van der Waals surface area contributed by atoms with Crippen LogP contribution in [0.1, 0.15) is 58.1 Å². The standard InChI is InChI=1S/C15H27N3/c1-4-5-15(6-7-15)10-18-11-17-9-14(18)13(8-16)12(2)3/h9,11-13H,4-8,10,16H2,1-3H3. The molecule has 0 aromatic carbocycles. The van der Waals surface area contributed by atoms with Crippen molar-refractivity contribution in [2.45, 2.75) is 58.9 Å². The summed E-state index contributed by atoms with van der Waals surface area (Å²) >= 11 is 0. The van der Waals surface area contributed by atoms with Gasteiger partial charge in [0.05, 0.1) is 6.33 Å². The van der Waals surface area contributed by atoms with Gasteiger partial charge in [0.25, 0.3) is 0 Å². The van der Waals surface area contributed by atoms with E-state index in [9.17, 15) is 0 Å². The maximum Gasteiger partial charge on any atom is 0.0948 e. The Labute approximate surface area is 111 Å². The lowest BCUT2D eigenvalue weighted by Gasteiger charge is -2.23. The molecule has 0 spiro atoms. The zero-order valence-electron chi connectivity index (χ0n) is 12.0. The van der Waals surface area contributed by atoms with Crippen LogP contribution < -0.4 is 5.73 Å². The van der Waals surface area contributed by atoms with Crippen LogP contribution in [-0.2, 0) is 6.54 Å². The predicted octanol–water partition coefficient (Wildman–Crippen LogP) is 3.16. The van der Waals surface area contributed by atoms with Crippen molar-refractivity contribution < 1.29 is 0 Å². The Morgan fingerprint density at radius 2 is 2.17 bits per heavy atom. The number of imidazole rings is 1. The minimum absolute atomic E-state index is 0.435. The van der Waals surface area contributed by atoms with Gasteiger partial charge in [0, 0.05) is 30.9 Å². The van der Waals surface area contributed by atoms with Gasteiger partial charge in [-0.1, -0.05) is 27.2 Å². The van der Waals surface area contributed by atoms with Crippen LogP contribution in [0.4, 0.5) is 0 Å². The summed E-state index contributed by atoms with van der Waals surface area (Å²) in [6, 6.07) is 0. The van der Waals surface area contributed by atoms with Gasteiger partial charge in [-0.25, -0.2) is 4.98 Å². The molecule has 1 saturated carbocycles. The Morgan fingerprint density at radius 3 is 2.67 bits per heavy atom. The second kappa shape index (κ2) is 5.43. The van der Waals surface area contributed by atoms with E-state index in [-0.39, 0.29) is 0 Å². The van der Waals surface area contributed by atoms with E-state index in [0.29, 0.717) is 23.8 Å². The molecule has 0 radical (unpaired) electrons. The third kappa shape index (κ3) is 2.77. The SMILES string of the molecule is CCCC1(Cn2cncc2C(CN)C(C)C)CC1. The van der Waals surface area contributed by atoms with Crippen LogP contribution >= 0.6 is 0 Å². The Bertz CT molecular complexity index is 377. The highest BCUT2D eigenvalue weighted by atomic mass is 15.1. The maximum atomic E-state index is 5.93. The fraction of sp³-hybridized carbons (Fsp3) is 0.800. The fourth-order valence-corrected chi connectivity index (χ4v) is 3.06.